The highest BCUT2D eigenvalue weighted by atomic mass is 16.6. The van der Waals surface area contributed by atoms with Crippen LogP contribution in [0, 0.1) is 0 Å². The van der Waals surface area contributed by atoms with Gasteiger partial charge >= 0.3 is 0 Å². The summed E-state index contributed by atoms with van der Waals surface area (Å²) in [4.78, 5) is 11.3. The molecule has 1 atom stereocenters. The molecule has 68 valence electrons. The summed E-state index contributed by atoms with van der Waals surface area (Å²) in [5.41, 5.74) is 0.627. The van der Waals surface area contributed by atoms with Gasteiger partial charge < -0.3 is 4.74 Å². The monoisotopic (exact) mass is 170 g/mol. The molecule has 1 aliphatic rings. The molecule has 1 saturated heterocycles. The molecule has 3 nitrogen and oxygen atoms in total. The maximum atomic E-state index is 11.3. The van der Waals surface area contributed by atoms with Gasteiger partial charge in [-0.2, -0.15) is 0 Å². The summed E-state index contributed by atoms with van der Waals surface area (Å²) >= 11 is 0. The van der Waals surface area contributed by atoms with Gasteiger partial charge in [0.2, 0.25) is 12.0 Å². The lowest BCUT2D eigenvalue weighted by molar-refractivity contribution is -0.902. The van der Waals surface area contributed by atoms with Crippen LogP contribution in [-0.4, -0.2) is 43.7 Å². The lowest BCUT2D eigenvalue weighted by Gasteiger charge is -2.26. The topological polar surface area (TPSA) is 29.6 Å². The Morgan fingerprint density at radius 2 is 2.17 bits per heavy atom. The summed E-state index contributed by atoms with van der Waals surface area (Å²) in [5.74, 6) is 0.121. The number of epoxide rings is 1. The zero-order valence-electron chi connectivity index (χ0n) is 7.96. The number of carbonyl (C=O) groups excluding carboxylic acids is 1. The van der Waals surface area contributed by atoms with Crippen molar-refractivity contribution in [3.63, 3.8) is 0 Å². The highest BCUT2D eigenvalue weighted by molar-refractivity contribution is 5.95. The maximum absolute atomic E-state index is 11.3. The Morgan fingerprint density at radius 1 is 1.67 bits per heavy atom. The minimum absolute atomic E-state index is 0.121. The van der Waals surface area contributed by atoms with Crippen LogP contribution in [-0.2, 0) is 9.53 Å². The number of Topliss-reactive ketones (excluding diaryl/α,β-unsaturated/α-hetero) is 1. The van der Waals surface area contributed by atoms with Crippen LogP contribution in [0.5, 0.6) is 0 Å². The van der Waals surface area contributed by atoms with Crippen LogP contribution in [0.4, 0.5) is 0 Å². The van der Waals surface area contributed by atoms with E-state index < -0.39 is 0 Å². The first kappa shape index (κ1) is 9.42. The molecule has 1 rings (SSSR count). The molecule has 0 aromatic rings. The Bertz CT molecular complexity index is 217. The number of rotatable bonds is 4. The van der Waals surface area contributed by atoms with Crippen molar-refractivity contribution in [1.29, 1.82) is 0 Å². The number of hydrogen-bond acceptors (Lipinski definition) is 2. The standard InChI is InChI=1S/C9H16NO2/c1-7(2)8(11)5-10(3,4)9-6-12-9/h9H,1,5-6H2,2-4H3/q+1. The average molecular weight is 170 g/mol. The molecular weight excluding hydrogens is 154 g/mol. The molecule has 0 aromatic carbocycles. The van der Waals surface area contributed by atoms with Crippen LogP contribution in [0.25, 0.3) is 0 Å². The summed E-state index contributed by atoms with van der Waals surface area (Å²) in [7, 11) is 4.00. The van der Waals surface area contributed by atoms with Gasteiger partial charge in [-0.05, 0) is 12.5 Å². The van der Waals surface area contributed by atoms with E-state index in [1.807, 2.05) is 14.1 Å². The van der Waals surface area contributed by atoms with Crippen LogP contribution in [0.15, 0.2) is 12.2 Å². The lowest BCUT2D eigenvalue weighted by Crippen LogP contribution is -2.46. The summed E-state index contributed by atoms with van der Waals surface area (Å²) < 4.78 is 5.76. The molecule has 0 N–H and O–H groups in total. The fraction of sp³-hybridized carbons (Fsp3) is 0.667. The van der Waals surface area contributed by atoms with Gasteiger partial charge in [0, 0.05) is 0 Å². The van der Waals surface area contributed by atoms with E-state index in [4.69, 9.17) is 4.74 Å². The van der Waals surface area contributed by atoms with E-state index in [9.17, 15) is 4.79 Å². The summed E-state index contributed by atoms with van der Waals surface area (Å²) in [6, 6.07) is 0. The van der Waals surface area contributed by atoms with Gasteiger partial charge in [0.25, 0.3) is 0 Å². The maximum Gasteiger partial charge on any atom is 0.217 e. The van der Waals surface area contributed by atoms with Crippen LogP contribution in [0.2, 0.25) is 0 Å². The Labute approximate surface area is 73.2 Å². The molecule has 1 heterocycles. The number of quaternary nitrogens is 1. The second-order valence-electron chi connectivity index (χ2n) is 3.93. The Balaban J connectivity index is 2.48. The third-order valence-corrected chi connectivity index (χ3v) is 2.12. The molecule has 0 aliphatic carbocycles. The van der Waals surface area contributed by atoms with Crippen molar-refractivity contribution in [3.8, 4) is 0 Å². The molecule has 0 spiro atoms. The number of ether oxygens (including phenoxy) is 1. The molecule has 0 bridgehead atoms. The van der Waals surface area contributed by atoms with Crippen LogP contribution >= 0.6 is 0 Å². The molecule has 3 heteroatoms. The van der Waals surface area contributed by atoms with Crippen molar-refractivity contribution in [2.24, 2.45) is 0 Å². The van der Waals surface area contributed by atoms with Crippen molar-refractivity contribution in [2.45, 2.75) is 13.2 Å². The smallest absolute Gasteiger partial charge is 0.217 e. The van der Waals surface area contributed by atoms with Crippen molar-refractivity contribution in [2.75, 3.05) is 27.2 Å². The van der Waals surface area contributed by atoms with Gasteiger partial charge in [-0.15, -0.1) is 0 Å². The number of carbonyl (C=O) groups is 1. The van der Waals surface area contributed by atoms with Gasteiger partial charge in [-0.25, -0.2) is 0 Å². The average Bonchev–Trinajstić information content (AvgIpc) is 2.65. The Morgan fingerprint density at radius 3 is 2.50 bits per heavy atom. The first-order valence-electron chi connectivity index (χ1n) is 4.06. The largest absolute Gasteiger partial charge is 0.318 e. The number of nitrogens with zero attached hydrogens (tertiary/aromatic N) is 1. The van der Waals surface area contributed by atoms with E-state index in [2.05, 4.69) is 6.58 Å². The first-order chi connectivity index (χ1) is 5.43. The Hall–Kier alpha value is -0.670. The zero-order valence-corrected chi connectivity index (χ0v) is 7.96. The summed E-state index contributed by atoms with van der Waals surface area (Å²) in [5, 5.41) is 0. The van der Waals surface area contributed by atoms with Gasteiger partial charge in [-0.3, -0.25) is 9.28 Å². The molecule has 1 aliphatic heterocycles. The van der Waals surface area contributed by atoms with E-state index >= 15 is 0 Å². The van der Waals surface area contributed by atoms with E-state index in [-0.39, 0.29) is 12.0 Å². The van der Waals surface area contributed by atoms with Crippen molar-refractivity contribution >= 4 is 5.78 Å². The van der Waals surface area contributed by atoms with E-state index in [0.717, 1.165) is 6.61 Å². The van der Waals surface area contributed by atoms with Crippen LogP contribution in [0.3, 0.4) is 0 Å². The molecule has 12 heavy (non-hydrogen) atoms. The van der Waals surface area contributed by atoms with Gasteiger partial charge in [0.1, 0.15) is 13.2 Å². The van der Waals surface area contributed by atoms with E-state index in [1.165, 1.54) is 0 Å². The van der Waals surface area contributed by atoms with Crippen LogP contribution in [0.1, 0.15) is 6.92 Å². The highest BCUT2D eigenvalue weighted by Crippen LogP contribution is 2.20. The highest BCUT2D eigenvalue weighted by Gasteiger charge is 2.41. The van der Waals surface area contributed by atoms with E-state index in [0.29, 0.717) is 16.6 Å². The first-order valence-corrected chi connectivity index (χ1v) is 4.06. The Kier molecular flexibility index (Phi) is 2.35. The quantitative estimate of drug-likeness (QED) is 0.350. The SMILES string of the molecule is C=C(C)C(=O)C[N+](C)(C)C1CO1. The lowest BCUT2D eigenvalue weighted by atomic mass is 10.2. The molecule has 0 saturated carbocycles. The second-order valence-corrected chi connectivity index (χ2v) is 3.93. The minimum atomic E-state index is 0.121. The fourth-order valence-corrected chi connectivity index (χ4v) is 1.05. The molecule has 1 unspecified atom stereocenters. The van der Waals surface area contributed by atoms with Crippen molar-refractivity contribution < 1.29 is 14.0 Å². The number of hydrogen-bond donors (Lipinski definition) is 0. The number of ketones is 1. The molecular formula is C9H16NO2+. The van der Waals surface area contributed by atoms with Crippen LogP contribution < -0.4 is 0 Å². The third kappa shape index (κ3) is 2.16. The third-order valence-electron chi connectivity index (χ3n) is 2.12. The minimum Gasteiger partial charge on any atom is -0.318 e. The fourth-order valence-electron chi connectivity index (χ4n) is 1.05. The molecule has 0 radical (unpaired) electrons. The van der Waals surface area contributed by atoms with Gasteiger partial charge in [0.15, 0.2) is 0 Å². The zero-order chi connectivity index (χ0) is 9.35. The van der Waals surface area contributed by atoms with E-state index in [1.54, 1.807) is 6.92 Å². The normalized spacial score (nSPS) is 22.1. The molecule has 0 aromatic heterocycles. The van der Waals surface area contributed by atoms with Crippen molar-refractivity contribution in [3.05, 3.63) is 12.2 Å². The predicted octanol–water partition coefficient (Wildman–Crippen LogP) is 0.564. The summed E-state index contributed by atoms with van der Waals surface area (Å²) in [6.45, 7) is 6.63. The van der Waals surface area contributed by atoms with Gasteiger partial charge in [0.05, 0.1) is 14.1 Å². The summed E-state index contributed by atoms with van der Waals surface area (Å²) in [6.07, 6.45) is 0.216. The van der Waals surface area contributed by atoms with Crippen molar-refractivity contribution in [1.82, 2.24) is 0 Å². The van der Waals surface area contributed by atoms with Gasteiger partial charge in [-0.1, -0.05) is 6.58 Å². The second kappa shape index (κ2) is 2.99. The molecule has 0 amide bonds. The number of likely N-dealkylation sites (N-methyl/N-ethyl adjacent to an activating group) is 1. The predicted molar refractivity (Wildman–Crippen MR) is 46.5 cm³/mol. The molecule has 1 fully saturated rings.